The van der Waals surface area contributed by atoms with E-state index in [1.54, 1.807) is 24.3 Å². The number of aliphatic hydroxyl groups excluding tert-OH is 2. The molecule has 2 rings (SSSR count). The molecule has 0 bridgehead atoms. The number of nitrogens with zero attached hydrogens (tertiary/aromatic N) is 1. The Labute approximate surface area is 114 Å². The molecule has 6 nitrogen and oxygen atoms in total. The molecule has 106 valence electrons. The second kappa shape index (κ2) is 5.44. The minimum atomic E-state index is -1.24. The Morgan fingerprint density at radius 2 is 2.00 bits per heavy atom. The van der Waals surface area contributed by atoms with Gasteiger partial charge in [0.1, 0.15) is 5.69 Å². The van der Waals surface area contributed by atoms with Gasteiger partial charge in [-0.25, -0.2) is 4.79 Å². The van der Waals surface area contributed by atoms with Gasteiger partial charge in [-0.15, -0.1) is 0 Å². The summed E-state index contributed by atoms with van der Waals surface area (Å²) in [5.41, 5.74) is 0.0308. The van der Waals surface area contributed by atoms with Gasteiger partial charge in [-0.2, -0.15) is 0 Å². The molecule has 1 unspecified atom stereocenters. The van der Waals surface area contributed by atoms with Gasteiger partial charge in [0.15, 0.2) is 5.43 Å². The van der Waals surface area contributed by atoms with Crippen molar-refractivity contribution in [3.63, 3.8) is 0 Å². The van der Waals surface area contributed by atoms with E-state index < -0.39 is 18.7 Å². The Bertz CT molecular complexity index is 719. The number of hydrogen-bond acceptors (Lipinski definition) is 4. The molecule has 0 aliphatic rings. The van der Waals surface area contributed by atoms with Crippen molar-refractivity contribution in [1.82, 2.24) is 4.57 Å². The maximum atomic E-state index is 12.2. The second-order valence-corrected chi connectivity index (χ2v) is 4.57. The van der Waals surface area contributed by atoms with Crippen LogP contribution in [0.3, 0.4) is 0 Å². The van der Waals surface area contributed by atoms with Crippen molar-refractivity contribution in [2.75, 3.05) is 6.61 Å². The number of carboxylic acids is 1. The van der Waals surface area contributed by atoms with Crippen LogP contribution in [0.1, 0.15) is 16.1 Å². The summed E-state index contributed by atoms with van der Waals surface area (Å²) in [5.74, 6) is -1.24. The van der Waals surface area contributed by atoms with Crippen molar-refractivity contribution >= 4 is 16.9 Å². The van der Waals surface area contributed by atoms with Gasteiger partial charge < -0.3 is 19.9 Å². The minimum absolute atomic E-state index is 0.0975. The van der Waals surface area contributed by atoms with Crippen molar-refractivity contribution in [3.05, 3.63) is 45.7 Å². The molecule has 0 fully saturated rings. The Kier molecular flexibility index (Phi) is 3.87. The normalized spacial score (nSPS) is 12.6. The van der Waals surface area contributed by atoms with Crippen molar-refractivity contribution < 1.29 is 20.1 Å². The monoisotopic (exact) mass is 277 g/mol. The zero-order chi connectivity index (χ0) is 14.9. The predicted octanol–water partition coefficient (Wildman–Crippen LogP) is 0.361. The number of fused-ring (bicyclic) bond motifs is 1. The lowest BCUT2D eigenvalue weighted by Crippen LogP contribution is -2.28. The number of pyridine rings is 1. The Hall–Kier alpha value is -2.18. The van der Waals surface area contributed by atoms with Gasteiger partial charge >= 0.3 is 5.97 Å². The highest BCUT2D eigenvalue weighted by molar-refractivity contribution is 5.92. The number of aromatic nitrogens is 1. The third kappa shape index (κ3) is 2.31. The van der Waals surface area contributed by atoms with Crippen LogP contribution >= 0.6 is 0 Å². The number of aromatic carboxylic acids is 1. The summed E-state index contributed by atoms with van der Waals surface area (Å²) in [6, 6.07) is 6.60. The lowest BCUT2D eigenvalue weighted by Gasteiger charge is -2.18. The Balaban J connectivity index is 2.86. The van der Waals surface area contributed by atoms with Gasteiger partial charge in [0.2, 0.25) is 0 Å². The summed E-state index contributed by atoms with van der Waals surface area (Å²) in [7, 11) is 0. The Morgan fingerprint density at radius 1 is 1.35 bits per heavy atom. The molecule has 1 aromatic heterocycles. The first-order valence-electron chi connectivity index (χ1n) is 6.11. The molecule has 2 aromatic rings. The molecule has 0 spiro atoms. The fraction of sp³-hybridized carbons (Fsp3) is 0.286. The van der Waals surface area contributed by atoms with Crippen LogP contribution in [-0.2, 0) is 6.54 Å². The highest BCUT2D eigenvalue weighted by atomic mass is 16.4. The maximum absolute atomic E-state index is 12.2. The summed E-state index contributed by atoms with van der Waals surface area (Å²) in [4.78, 5) is 23.6. The fourth-order valence-electron chi connectivity index (χ4n) is 2.27. The van der Waals surface area contributed by atoms with Gasteiger partial charge in [-0.3, -0.25) is 4.79 Å². The van der Waals surface area contributed by atoms with Crippen molar-refractivity contribution in [1.29, 1.82) is 0 Å². The third-order valence-corrected chi connectivity index (χ3v) is 3.21. The third-order valence-electron chi connectivity index (χ3n) is 3.21. The number of carboxylic acid groups (broad SMARTS) is 1. The first-order valence-corrected chi connectivity index (χ1v) is 6.11. The smallest absolute Gasteiger partial charge is 0.352 e. The number of aliphatic hydroxyl groups is 2. The first-order chi connectivity index (χ1) is 9.47. The van der Waals surface area contributed by atoms with E-state index in [1.165, 1.54) is 11.5 Å². The molecular formula is C14H15NO5. The number of rotatable bonds is 4. The first kappa shape index (κ1) is 14.2. The molecular weight excluding hydrogens is 262 g/mol. The van der Waals surface area contributed by atoms with Crippen LogP contribution in [0.2, 0.25) is 0 Å². The highest BCUT2D eigenvalue weighted by Crippen LogP contribution is 2.17. The van der Waals surface area contributed by atoms with E-state index in [9.17, 15) is 19.8 Å². The molecule has 0 amide bonds. The quantitative estimate of drug-likeness (QED) is 0.749. The summed E-state index contributed by atoms with van der Waals surface area (Å²) in [6.07, 6.45) is -1.10. The summed E-state index contributed by atoms with van der Waals surface area (Å²) in [5, 5.41) is 28.2. The van der Waals surface area contributed by atoms with Crippen LogP contribution < -0.4 is 5.43 Å². The lowest BCUT2D eigenvalue weighted by molar-refractivity contribution is 0.0654. The van der Waals surface area contributed by atoms with E-state index in [1.807, 2.05) is 0 Å². The van der Waals surface area contributed by atoms with Gasteiger partial charge in [0, 0.05) is 10.9 Å². The average molecular weight is 277 g/mol. The molecule has 20 heavy (non-hydrogen) atoms. The largest absolute Gasteiger partial charge is 0.477 e. The van der Waals surface area contributed by atoms with Crippen molar-refractivity contribution in [2.24, 2.45) is 0 Å². The van der Waals surface area contributed by atoms with Gasteiger partial charge in [0.05, 0.1) is 24.8 Å². The van der Waals surface area contributed by atoms with Crippen LogP contribution in [0, 0.1) is 6.92 Å². The van der Waals surface area contributed by atoms with Crippen molar-refractivity contribution in [2.45, 2.75) is 19.6 Å². The molecule has 3 N–H and O–H groups in total. The molecule has 0 radical (unpaired) electrons. The van der Waals surface area contributed by atoms with E-state index in [2.05, 4.69) is 0 Å². The molecule has 0 saturated carbocycles. The molecule has 0 saturated heterocycles. The van der Waals surface area contributed by atoms with Crippen LogP contribution in [0.25, 0.3) is 10.9 Å². The fourth-order valence-corrected chi connectivity index (χ4v) is 2.27. The predicted molar refractivity (Wildman–Crippen MR) is 73.0 cm³/mol. The molecule has 1 atom stereocenters. The summed E-state index contributed by atoms with van der Waals surface area (Å²) in [6.45, 7) is 0.860. The molecule has 1 aromatic carbocycles. The number of para-hydroxylation sites is 1. The number of hydrogen-bond donors (Lipinski definition) is 3. The SMILES string of the molecule is Cc1c(C(=O)O)n(CC(O)CO)c2ccccc2c1=O. The van der Waals surface area contributed by atoms with E-state index in [0.29, 0.717) is 10.9 Å². The topological polar surface area (TPSA) is 99.8 Å². The van der Waals surface area contributed by atoms with Crippen LogP contribution in [0.15, 0.2) is 29.1 Å². The lowest BCUT2D eigenvalue weighted by atomic mass is 10.1. The van der Waals surface area contributed by atoms with E-state index in [0.717, 1.165) is 0 Å². The zero-order valence-electron chi connectivity index (χ0n) is 10.9. The second-order valence-electron chi connectivity index (χ2n) is 4.57. The minimum Gasteiger partial charge on any atom is -0.477 e. The van der Waals surface area contributed by atoms with Gasteiger partial charge in [-0.05, 0) is 19.1 Å². The van der Waals surface area contributed by atoms with Crippen LogP contribution in [0.4, 0.5) is 0 Å². The zero-order valence-corrected chi connectivity index (χ0v) is 10.9. The van der Waals surface area contributed by atoms with E-state index in [4.69, 9.17) is 5.11 Å². The molecule has 0 aliphatic heterocycles. The Morgan fingerprint density at radius 3 is 2.60 bits per heavy atom. The number of carbonyl (C=O) groups is 1. The summed E-state index contributed by atoms with van der Waals surface area (Å²) >= 11 is 0. The molecule has 0 aliphatic carbocycles. The van der Waals surface area contributed by atoms with Gasteiger partial charge in [0.25, 0.3) is 0 Å². The van der Waals surface area contributed by atoms with E-state index in [-0.39, 0.29) is 23.2 Å². The highest BCUT2D eigenvalue weighted by Gasteiger charge is 2.20. The number of benzene rings is 1. The molecule has 1 heterocycles. The van der Waals surface area contributed by atoms with E-state index >= 15 is 0 Å². The summed E-state index contributed by atoms with van der Waals surface area (Å²) < 4.78 is 1.36. The molecule has 6 heteroatoms. The average Bonchev–Trinajstić information content (AvgIpc) is 2.44. The van der Waals surface area contributed by atoms with Gasteiger partial charge in [-0.1, -0.05) is 12.1 Å². The van der Waals surface area contributed by atoms with Crippen LogP contribution in [0.5, 0.6) is 0 Å². The standard InChI is InChI=1S/C14H15NO5/c1-8-12(14(19)20)15(6-9(17)7-16)11-5-3-2-4-10(11)13(8)18/h2-5,9,16-17H,6-7H2,1H3,(H,19,20). The maximum Gasteiger partial charge on any atom is 0.352 e. The van der Waals surface area contributed by atoms with Crippen LogP contribution in [-0.4, -0.2) is 38.6 Å². The van der Waals surface area contributed by atoms with Crippen molar-refractivity contribution in [3.8, 4) is 0 Å².